The highest BCUT2D eigenvalue weighted by atomic mass is 35.5. The van der Waals surface area contributed by atoms with Crippen LogP contribution in [0.2, 0.25) is 5.02 Å². The van der Waals surface area contributed by atoms with E-state index in [1.165, 1.54) is 0 Å². The summed E-state index contributed by atoms with van der Waals surface area (Å²) in [6.45, 7) is 6.09. The van der Waals surface area contributed by atoms with Crippen molar-refractivity contribution in [3.63, 3.8) is 0 Å². The molecule has 5 heteroatoms. The maximum Gasteiger partial charge on any atom is 0.171 e. The first-order chi connectivity index (χ1) is 9.24. The van der Waals surface area contributed by atoms with Crippen LogP contribution in [0.25, 0.3) is 16.0 Å². The van der Waals surface area contributed by atoms with Gasteiger partial charge in [-0.1, -0.05) is 11.6 Å². The highest BCUT2D eigenvalue weighted by Gasteiger charge is 2.18. The monoisotopic (exact) mass is 310 g/mol. The number of ether oxygens (including phenoxy) is 1. The third kappa shape index (κ3) is 3.87. The van der Waals surface area contributed by atoms with Gasteiger partial charge in [-0.2, -0.15) is 0 Å². The standard InChI is InChI=1S/C15H19ClN2OS/c1-15(2,3)19-12(9-18(4)5)14-17-11-8-10(16)6-7-13(11)20-14/h6-9H,1-5H3/b12-9+. The van der Waals surface area contributed by atoms with Crippen molar-refractivity contribution in [2.75, 3.05) is 14.1 Å². The van der Waals surface area contributed by atoms with Crippen molar-refractivity contribution in [3.05, 3.63) is 34.4 Å². The van der Waals surface area contributed by atoms with E-state index < -0.39 is 0 Å². The molecular weight excluding hydrogens is 292 g/mol. The lowest BCUT2D eigenvalue weighted by Gasteiger charge is -2.23. The second-order valence-electron chi connectivity index (χ2n) is 5.80. The van der Waals surface area contributed by atoms with Gasteiger partial charge in [0.05, 0.1) is 10.2 Å². The van der Waals surface area contributed by atoms with Gasteiger partial charge < -0.3 is 9.64 Å². The third-order valence-electron chi connectivity index (χ3n) is 2.35. The zero-order valence-corrected chi connectivity index (χ0v) is 14.0. The molecule has 0 spiro atoms. The molecule has 108 valence electrons. The van der Waals surface area contributed by atoms with Crippen molar-refractivity contribution >= 4 is 38.9 Å². The second kappa shape index (κ2) is 5.62. The Kier molecular flexibility index (Phi) is 4.25. The van der Waals surface area contributed by atoms with Crippen LogP contribution in [0.15, 0.2) is 24.4 Å². The summed E-state index contributed by atoms with van der Waals surface area (Å²) in [6, 6.07) is 5.75. The van der Waals surface area contributed by atoms with E-state index in [0.717, 1.165) is 21.0 Å². The van der Waals surface area contributed by atoms with Gasteiger partial charge in [-0.25, -0.2) is 4.98 Å². The Hall–Kier alpha value is -1.26. The van der Waals surface area contributed by atoms with Crippen molar-refractivity contribution in [2.45, 2.75) is 26.4 Å². The van der Waals surface area contributed by atoms with Crippen molar-refractivity contribution in [1.82, 2.24) is 9.88 Å². The fourth-order valence-corrected chi connectivity index (χ4v) is 2.75. The molecule has 0 amide bonds. The lowest BCUT2D eigenvalue weighted by atomic mass is 10.2. The number of hydrogen-bond donors (Lipinski definition) is 0. The maximum atomic E-state index is 6.03. The number of rotatable bonds is 3. The highest BCUT2D eigenvalue weighted by Crippen LogP contribution is 2.31. The van der Waals surface area contributed by atoms with E-state index in [-0.39, 0.29) is 5.60 Å². The van der Waals surface area contributed by atoms with E-state index in [9.17, 15) is 0 Å². The molecule has 0 unspecified atom stereocenters. The van der Waals surface area contributed by atoms with Crippen LogP contribution in [0, 0.1) is 0 Å². The van der Waals surface area contributed by atoms with Gasteiger partial charge in [0.15, 0.2) is 10.8 Å². The van der Waals surface area contributed by atoms with E-state index in [0.29, 0.717) is 5.02 Å². The summed E-state index contributed by atoms with van der Waals surface area (Å²) in [4.78, 5) is 6.58. The van der Waals surface area contributed by atoms with Gasteiger partial charge in [-0.15, -0.1) is 11.3 Å². The molecule has 20 heavy (non-hydrogen) atoms. The van der Waals surface area contributed by atoms with Gasteiger partial charge in [0.1, 0.15) is 5.60 Å². The van der Waals surface area contributed by atoms with Crippen LogP contribution in [0.4, 0.5) is 0 Å². The van der Waals surface area contributed by atoms with Crippen LogP contribution in [0.5, 0.6) is 0 Å². The molecule has 0 atom stereocenters. The number of benzene rings is 1. The minimum atomic E-state index is -0.267. The Morgan fingerprint density at radius 1 is 1.35 bits per heavy atom. The topological polar surface area (TPSA) is 25.4 Å². The molecule has 3 nitrogen and oxygen atoms in total. The van der Waals surface area contributed by atoms with Crippen molar-refractivity contribution < 1.29 is 4.74 Å². The van der Waals surface area contributed by atoms with Crippen LogP contribution in [-0.4, -0.2) is 29.6 Å². The summed E-state index contributed by atoms with van der Waals surface area (Å²) in [7, 11) is 3.94. The predicted molar refractivity (Wildman–Crippen MR) is 87.1 cm³/mol. The molecule has 2 aromatic rings. The van der Waals surface area contributed by atoms with E-state index >= 15 is 0 Å². The molecule has 1 aromatic heterocycles. The number of fused-ring (bicyclic) bond motifs is 1. The van der Waals surface area contributed by atoms with Gasteiger partial charge >= 0.3 is 0 Å². The lowest BCUT2D eigenvalue weighted by Crippen LogP contribution is -2.19. The fraction of sp³-hybridized carbons (Fsp3) is 0.400. The molecule has 1 aromatic carbocycles. The van der Waals surface area contributed by atoms with Crippen molar-refractivity contribution in [2.24, 2.45) is 0 Å². The molecule has 0 fully saturated rings. The number of hydrogen-bond acceptors (Lipinski definition) is 4. The smallest absolute Gasteiger partial charge is 0.171 e. The lowest BCUT2D eigenvalue weighted by molar-refractivity contribution is 0.0952. The number of nitrogens with zero attached hydrogens (tertiary/aromatic N) is 2. The van der Waals surface area contributed by atoms with Crippen molar-refractivity contribution in [1.29, 1.82) is 0 Å². The molecule has 0 bridgehead atoms. The summed E-state index contributed by atoms with van der Waals surface area (Å²) in [5.74, 6) is 0.778. The van der Waals surface area contributed by atoms with Crippen LogP contribution in [0.1, 0.15) is 25.8 Å². The third-order valence-corrected chi connectivity index (χ3v) is 3.64. The van der Waals surface area contributed by atoms with E-state index in [2.05, 4.69) is 4.98 Å². The Morgan fingerprint density at radius 2 is 2.05 bits per heavy atom. The molecule has 0 saturated heterocycles. The largest absolute Gasteiger partial charge is 0.483 e. The van der Waals surface area contributed by atoms with E-state index in [1.54, 1.807) is 11.3 Å². The molecule has 0 radical (unpaired) electrons. The number of aromatic nitrogens is 1. The van der Waals surface area contributed by atoms with Crippen LogP contribution in [-0.2, 0) is 4.74 Å². The average molecular weight is 311 g/mol. The molecule has 1 heterocycles. The molecule has 2 rings (SSSR count). The molecular formula is C15H19ClN2OS. The molecule has 0 aliphatic rings. The second-order valence-corrected chi connectivity index (χ2v) is 7.27. The SMILES string of the molecule is CN(C)/C=C(/OC(C)(C)C)c1nc2cc(Cl)ccc2s1. The first-order valence-corrected chi connectivity index (χ1v) is 7.58. The minimum absolute atomic E-state index is 0.267. The van der Waals surface area contributed by atoms with Gasteiger partial charge in [0, 0.05) is 25.3 Å². The number of thiazole rings is 1. The Balaban J connectivity index is 2.45. The summed E-state index contributed by atoms with van der Waals surface area (Å²) < 4.78 is 7.13. The zero-order valence-electron chi connectivity index (χ0n) is 12.4. The Bertz CT molecular complexity index is 641. The molecule has 0 aliphatic carbocycles. The van der Waals surface area contributed by atoms with Crippen LogP contribution >= 0.6 is 22.9 Å². The number of halogens is 1. The highest BCUT2D eigenvalue weighted by molar-refractivity contribution is 7.19. The Morgan fingerprint density at radius 3 is 2.65 bits per heavy atom. The summed E-state index contributed by atoms with van der Waals surface area (Å²) in [5, 5.41) is 1.56. The fourth-order valence-electron chi connectivity index (χ4n) is 1.70. The first-order valence-electron chi connectivity index (χ1n) is 6.38. The van der Waals surface area contributed by atoms with E-state index in [1.807, 2.05) is 64.2 Å². The van der Waals surface area contributed by atoms with Gasteiger partial charge in [0.2, 0.25) is 0 Å². The van der Waals surface area contributed by atoms with Gasteiger partial charge in [-0.05, 0) is 39.0 Å². The first kappa shape index (κ1) is 15.1. The predicted octanol–water partition coefficient (Wildman–Crippen LogP) is 4.62. The quantitative estimate of drug-likeness (QED) is 0.773. The normalized spacial score (nSPS) is 12.8. The van der Waals surface area contributed by atoms with Crippen molar-refractivity contribution in [3.8, 4) is 0 Å². The summed E-state index contributed by atoms with van der Waals surface area (Å²) in [6.07, 6.45) is 1.95. The molecule has 0 N–H and O–H groups in total. The average Bonchev–Trinajstić information content (AvgIpc) is 2.68. The Labute approximate surface area is 128 Å². The molecule has 0 aliphatic heterocycles. The summed E-state index contributed by atoms with van der Waals surface area (Å²) in [5.41, 5.74) is 0.636. The molecule has 0 saturated carbocycles. The minimum Gasteiger partial charge on any atom is -0.483 e. The van der Waals surface area contributed by atoms with Crippen LogP contribution in [0.3, 0.4) is 0 Å². The summed E-state index contributed by atoms with van der Waals surface area (Å²) >= 11 is 7.62. The zero-order chi connectivity index (χ0) is 14.9. The van der Waals surface area contributed by atoms with Gasteiger partial charge in [0.25, 0.3) is 0 Å². The van der Waals surface area contributed by atoms with E-state index in [4.69, 9.17) is 16.3 Å². The van der Waals surface area contributed by atoms with Crippen LogP contribution < -0.4 is 0 Å². The maximum absolute atomic E-state index is 6.03. The van der Waals surface area contributed by atoms with Gasteiger partial charge in [-0.3, -0.25) is 0 Å².